The Kier molecular flexibility index (Phi) is 5.31. The molecule has 1 atom stereocenters. The molecule has 0 heterocycles. The molecule has 0 bridgehead atoms. The van der Waals surface area contributed by atoms with E-state index in [1.165, 1.54) is 0 Å². The fourth-order valence-corrected chi connectivity index (χ4v) is 1.18. The predicted octanol–water partition coefficient (Wildman–Crippen LogP) is -0.854. The van der Waals surface area contributed by atoms with Crippen LogP contribution in [0.2, 0.25) is 0 Å². The molecule has 0 radical (unpaired) electrons. The first-order chi connectivity index (χ1) is 4.70. The molecule has 0 spiro atoms. The van der Waals surface area contributed by atoms with E-state index < -0.39 is 11.1 Å². The fraction of sp³-hybridized carbons (Fsp3) is 0. The van der Waals surface area contributed by atoms with Crippen LogP contribution >= 0.6 is 15.9 Å². The van der Waals surface area contributed by atoms with E-state index in [0.29, 0.717) is 4.90 Å². The Hall–Kier alpha value is 0.407. The van der Waals surface area contributed by atoms with Crippen molar-refractivity contribution in [3.63, 3.8) is 0 Å². The molecular formula is C6H6BrLiO2S. The molecule has 1 N–H and O–H groups in total. The first kappa shape index (κ1) is 11.4. The molecule has 56 valence electrons. The van der Waals surface area contributed by atoms with Crippen LogP contribution in [0, 0.1) is 0 Å². The summed E-state index contributed by atoms with van der Waals surface area (Å²) in [6.07, 6.45) is 0. The summed E-state index contributed by atoms with van der Waals surface area (Å²) in [4.78, 5) is 0.420. The van der Waals surface area contributed by atoms with Crippen LogP contribution < -0.4 is 18.9 Å². The van der Waals surface area contributed by atoms with Crippen molar-refractivity contribution in [2.45, 2.75) is 4.90 Å². The quantitative estimate of drug-likeness (QED) is 0.503. The molecule has 0 aromatic heterocycles. The third-order valence-corrected chi connectivity index (χ3v) is 2.22. The molecule has 0 saturated carbocycles. The topological polar surface area (TPSA) is 37.3 Å². The smallest absolute Gasteiger partial charge is 1.00 e. The van der Waals surface area contributed by atoms with E-state index >= 15 is 0 Å². The van der Waals surface area contributed by atoms with E-state index in [0.717, 1.165) is 4.47 Å². The van der Waals surface area contributed by atoms with Crippen molar-refractivity contribution < 1.29 is 29.0 Å². The van der Waals surface area contributed by atoms with Crippen molar-refractivity contribution in [2.75, 3.05) is 0 Å². The van der Waals surface area contributed by atoms with E-state index in [2.05, 4.69) is 15.9 Å². The van der Waals surface area contributed by atoms with Crippen molar-refractivity contribution in [2.24, 2.45) is 0 Å². The molecular weight excluding hydrogens is 223 g/mol. The molecule has 1 aromatic carbocycles. The summed E-state index contributed by atoms with van der Waals surface area (Å²) < 4.78 is 19.9. The zero-order chi connectivity index (χ0) is 7.56. The van der Waals surface area contributed by atoms with Gasteiger partial charge in [0.05, 0.1) is 4.90 Å². The molecule has 5 heteroatoms. The minimum Gasteiger partial charge on any atom is -1.00 e. The molecule has 1 unspecified atom stereocenters. The first-order valence-corrected chi connectivity index (χ1v) is 4.46. The van der Waals surface area contributed by atoms with Crippen molar-refractivity contribution in [3.8, 4) is 0 Å². The molecule has 1 aromatic rings. The van der Waals surface area contributed by atoms with Crippen LogP contribution in [0.5, 0.6) is 0 Å². The molecule has 0 aliphatic heterocycles. The monoisotopic (exact) mass is 228 g/mol. The van der Waals surface area contributed by atoms with Gasteiger partial charge in [0.25, 0.3) is 0 Å². The Morgan fingerprint density at radius 2 is 1.82 bits per heavy atom. The van der Waals surface area contributed by atoms with E-state index in [1.54, 1.807) is 24.3 Å². The van der Waals surface area contributed by atoms with Gasteiger partial charge in [0, 0.05) is 4.47 Å². The zero-order valence-electron chi connectivity index (χ0n) is 6.95. The number of hydrogen-bond acceptors (Lipinski definition) is 1. The second-order valence-electron chi connectivity index (χ2n) is 1.70. The summed E-state index contributed by atoms with van der Waals surface area (Å²) in [6, 6.07) is 6.65. The van der Waals surface area contributed by atoms with Crippen molar-refractivity contribution in [1.29, 1.82) is 0 Å². The van der Waals surface area contributed by atoms with Crippen LogP contribution in [-0.2, 0) is 11.1 Å². The van der Waals surface area contributed by atoms with Gasteiger partial charge in [0.15, 0.2) is 11.1 Å². The van der Waals surface area contributed by atoms with Gasteiger partial charge in [-0.15, -0.1) is 0 Å². The Morgan fingerprint density at radius 1 is 1.36 bits per heavy atom. The summed E-state index contributed by atoms with van der Waals surface area (Å²) >= 11 is 1.36. The van der Waals surface area contributed by atoms with E-state index in [4.69, 9.17) is 4.55 Å². The number of hydrogen-bond donors (Lipinski definition) is 1. The maximum Gasteiger partial charge on any atom is 1.00 e. The average Bonchev–Trinajstić information content (AvgIpc) is 1.88. The van der Waals surface area contributed by atoms with Gasteiger partial charge in [-0.3, -0.25) is 0 Å². The van der Waals surface area contributed by atoms with Gasteiger partial charge < -0.3 is 5.98 Å². The van der Waals surface area contributed by atoms with Crippen molar-refractivity contribution in [3.05, 3.63) is 28.7 Å². The van der Waals surface area contributed by atoms with E-state index in [1.807, 2.05) is 0 Å². The van der Waals surface area contributed by atoms with Crippen molar-refractivity contribution >= 4 is 27.0 Å². The summed E-state index contributed by atoms with van der Waals surface area (Å²) in [5.41, 5.74) is 0. The van der Waals surface area contributed by atoms with Crippen LogP contribution in [0.15, 0.2) is 33.6 Å². The van der Waals surface area contributed by atoms with Gasteiger partial charge in [-0.1, -0.05) is 15.9 Å². The van der Waals surface area contributed by atoms with Crippen LogP contribution in [-0.4, -0.2) is 8.76 Å². The third kappa shape index (κ3) is 3.54. The summed E-state index contributed by atoms with van der Waals surface area (Å²) in [5.74, 6) is 0. The number of halogens is 1. The Morgan fingerprint density at radius 3 is 2.18 bits per heavy atom. The molecule has 0 aliphatic carbocycles. The van der Waals surface area contributed by atoms with E-state index in [-0.39, 0.29) is 20.3 Å². The summed E-state index contributed by atoms with van der Waals surface area (Å²) in [6.45, 7) is 0. The molecule has 0 saturated heterocycles. The molecule has 0 amide bonds. The van der Waals surface area contributed by atoms with Gasteiger partial charge in [-0.2, -0.15) is 0 Å². The minimum absolute atomic E-state index is 0. The molecule has 1 rings (SSSR count). The van der Waals surface area contributed by atoms with Crippen LogP contribution in [0.25, 0.3) is 0 Å². The Bertz CT molecular complexity index is 254. The number of benzene rings is 1. The average molecular weight is 229 g/mol. The van der Waals surface area contributed by atoms with Gasteiger partial charge in [0.2, 0.25) is 0 Å². The largest absolute Gasteiger partial charge is 1.00 e. The fourth-order valence-electron chi connectivity index (χ4n) is 0.551. The molecule has 0 fully saturated rings. The maximum absolute atomic E-state index is 10.4. The Balaban J connectivity index is 0. The molecule has 11 heavy (non-hydrogen) atoms. The van der Waals surface area contributed by atoms with E-state index in [9.17, 15) is 4.21 Å². The summed E-state index contributed by atoms with van der Waals surface area (Å²) in [5, 5.41) is 0. The van der Waals surface area contributed by atoms with Crippen LogP contribution in [0.3, 0.4) is 0 Å². The summed E-state index contributed by atoms with van der Waals surface area (Å²) in [7, 11) is 0. The third-order valence-electron chi connectivity index (χ3n) is 1.02. The van der Waals surface area contributed by atoms with Crippen LogP contribution in [0.4, 0.5) is 0 Å². The standard InChI is InChI=1S/C6H5BrO2S.Li.H/c7-5-1-3-6(4-2-5)10(8)9;;/h1-4H,(H,8,9);;/q;+1;-1. The Labute approximate surface area is 89.5 Å². The van der Waals surface area contributed by atoms with Gasteiger partial charge in [-0.05, 0) is 24.3 Å². The predicted molar refractivity (Wildman–Crippen MR) is 44.3 cm³/mol. The second kappa shape index (κ2) is 5.12. The van der Waals surface area contributed by atoms with Gasteiger partial charge in [-0.25, -0.2) is 4.21 Å². The number of rotatable bonds is 1. The minimum atomic E-state index is -1.86. The second-order valence-corrected chi connectivity index (χ2v) is 3.59. The van der Waals surface area contributed by atoms with Crippen molar-refractivity contribution in [1.82, 2.24) is 0 Å². The zero-order valence-corrected chi connectivity index (χ0v) is 8.35. The normalized spacial score (nSPS) is 11.8. The van der Waals surface area contributed by atoms with Gasteiger partial charge in [0.1, 0.15) is 0 Å². The molecule has 0 aliphatic rings. The van der Waals surface area contributed by atoms with Crippen LogP contribution in [0.1, 0.15) is 1.43 Å². The SMILES string of the molecule is O=S(O)c1ccc(Br)cc1.[H-].[Li+]. The molecule has 2 nitrogen and oxygen atoms in total. The van der Waals surface area contributed by atoms with Gasteiger partial charge >= 0.3 is 18.9 Å². The maximum atomic E-state index is 10.4. The first-order valence-electron chi connectivity index (χ1n) is 2.56.